The molecule has 17 heavy (non-hydrogen) atoms. The Balaban J connectivity index is 2.84. The predicted octanol–water partition coefficient (Wildman–Crippen LogP) is 1.70. The quantitative estimate of drug-likeness (QED) is 0.752. The van der Waals surface area contributed by atoms with E-state index in [4.69, 9.17) is 4.74 Å². The Morgan fingerprint density at radius 3 is 2.18 bits per heavy atom. The minimum absolute atomic E-state index is 0.384. The Labute approximate surface area is 102 Å². The molecule has 1 aromatic carbocycles. The Hall–Kier alpha value is -1.36. The lowest BCUT2D eigenvalue weighted by atomic mass is 10.1. The molecule has 0 atom stereocenters. The van der Waals surface area contributed by atoms with Crippen LogP contribution < -0.4 is 4.74 Å². The molecule has 4 nitrogen and oxygen atoms in total. The van der Waals surface area contributed by atoms with Gasteiger partial charge in [0.25, 0.3) is 0 Å². The second-order valence-corrected chi connectivity index (χ2v) is 6.56. The zero-order valence-electron chi connectivity index (χ0n) is 10.1. The summed E-state index contributed by atoms with van der Waals surface area (Å²) in [6, 6.07) is 6.40. The molecule has 0 unspecified atom stereocenters. The molecule has 0 amide bonds. The van der Waals surface area contributed by atoms with E-state index in [1.807, 2.05) is 0 Å². The molecule has 0 aliphatic heterocycles. The van der Waals surface area contributed by atoms with Gasteiger partial charge in [-0.15, -0.1) is 0 Å². The van der Waals surface area contributed by atoms with Gasteiger partial charge >= 0.3 is 0 Å². The van der Waals surface area contributed by atoms with Crippen LogP contribution in [0.4, 0.5) is 0 Å². The van der Waals surface area contributed by atoms with Crippen LogP contribution in [0, 0.1) is 0 Å². The van der Waals surface area contributed by atoms with Crippen molar-refractivity contribution in [3.05, 3.63) is 29.8 Å². The van der Waals surface area contributed by atoms with Crippen molar-refractivity contribution in [3.8, 4) is 5.75 Å². The summed E-state index contributed by atoms with van der Waals surface area (Å²) in [6.07, 6.45) is 0. The van der Waals surface area contributed by atoms with Crippen LogP contribution in [0.2, 0.25) is 0 Å². The van der Waals surface area contributed by atoms with Gasteiger partial charge in [0.15, 0.2) is 15.6 Å². The van der Waals surface area contributed by atoms with Crippen molar-refractivity contribution in [1.29, 1.82) is 0 Å². The Kier molecular flexibility index (Phi) is 4.28. The van der Waals surface area contributed by atoms with Crippen LogP contribution in [0.3, 0.4) is 0 Å². The molecule has 0 bridgehead atoms. The first-order valence-electron chi connectivity index (χ1n) is 5.25. The number of ether oxygens (including phenoxy) is 1. The first-order valence-corrected chi connectivity index (χ1v) is 6.97. The maximum absolute atomic E-state index is 11.7. The van der Waals surface area contributed by atoms with Gasteiger partial charge in [0.1, 0.15) is 11.5 Å². The van der Waals surface area contributed by atoms with Gasteiger partial charge < -0.3 is 4.74 Å². The molecule has 5 heteroatoms. The Morgan fingerprint density at radius 2 is 1.76 bits per heavy atom. The predicted molar refractivity (Wildman–Crippen MR) is 66.2 cm³/mol. The molecule has 0 aliphatic carbocycles. The standard InChI is InChI=1S/C12H16O4S/c1-9(2)17(14,15)8-12(13)10-4-6-11(16-3)7-5-10/h4-7,9H,8H2,1-3H3. The maximum Gasteiger partial charge on any atom is 0.177 e. The van der Waals surface area contributed by atoms with Gasteiger partial charge in [-0.1, -0.05) is 0 Å². The summed E-state index contributed by atoms with van der Waals surface area (Å²) in [6.45, 7) is 3.13. The molecule has 0 heterocycles. The van der Waals surface area contributed by atoms with Gasteiger partial charge in [0.05, 0.1) is 12.4 Å². The Bertz CT molecular complexity index is 486. The molecular formula is C12H16O4S. The van der Waals surface area contributed by atoms with E-state index in [0.717, 1.165) is 0 Å². The van der Waals surface area contributed by atoms with Crippen LogP contribution in [0.15, 0.2) is 24.3 Å². The van der Waals surface area contributed by atoms with Gasteiger partial charge in [-0.3, -0.25) is 4.79 Å². The summed E-state index contributed by atoms with van der Waals surface area (Å²) in [5.41, 5.74) is 0.384. The normalized spacial score (nSPS) is 11.5. The van der Waals surface area contributed by atoms with Gasteiger partial charge in [-0.05, 0) is 38.1 Å². The van der Waals surface area contributed by atoms with E-state index in [9.17, 15) is 13.2 Å². The van der Waals surface area contributed by atoms with Crippen LogP contribution in [0.5, 0.6) is 5.75 Å². The van der Waals surface area contributed by atoms with Crippen molar-refractivity contribution in [2.24, 2.45) is 0 Å². The summed E-state index contributed by atoms with van der Waals surface area (Å²) in [5, 5.41) is -0.537. The van der Waals surface area contributed by atoms with Crippen molar-refractivity contribution in [3.63, 3.8) is 0 Å². The number of carbonyl (C=O) groups is 1. The lowest BCUT2D eigenvalue weighted by Gasteiger charge is -2.07. The maximum atomic E-state index is 11.7. The van der Waals surface area contributed by atoms with E-state index >= 15 is 0 Å². The average molecular weight is 256 g/mol. The second-order valence-electron chi connectivity index (χ2n) is 4.01. The number of carbonyl (C=O) groups excluding carboxylic acids is 1. The first-order chi connectivity index (χ1) is 7.86. The van der Waals surface area contributed by atoms with Crippen molar-refractivity contribution in [2.45, 2.75) is 19.1 Å². The molecule has 1 rings (SSSR count). The summed E-state index contributed by atoms with van der Waals surface area (Å²) in [5.74, 6) is -0.202. The number of rotatable bonds is 5. The smallest absolute Gasteiger partial charge is 0.177 e. The van der Waals surface area contributed by atoms with Crippen molar-refractivity contribution in [1.82, 2.24) is 0 Å². The van der Waals surface area contributed by atoms with E-state index in [-0.39, 0.29) is 5.78 Å². The molecule has 0 saturated heterocycles. The molecule has 0 spiro atoms. The third-order valence-corrected chi connectivity index (χ3v) is 4.56. The van der Waals surface area contributed by atoms with E-state index in [1.54, 1.807) is 38.1 Å². The molecule has 94 valence electrons. The highest BCUT2D eigenvalue weighted by Crippen LogP contribution is 2.13. The number of hydrogen-bond acceptors (Lipinski definition) is 4. The fourth-order valence-electron chi connectivity index (χ4n) is 1.21. The van der Waals surface area contributed by atoms with Crippen molar-refractivity contribution in [2.75, 3.05) is 12.9 Å². The fraction of sp³-hybridized carbons (Fsp3) is 0.417. The number of sulfone groups is 1. The molecule has 0 aromatic heterocycles. The van der Waals surface area contributed by atoms with Crippen molar-refractivity contribution >= 4 is 15.6 Å². The average Bonchev–Trinajstić information content (AvgIpc) is 2.28. The highest BCUT2D eigenvalue weighted by molar-refractivity contribution is 7.92. The number of benzene rings is 1. The molecule has 0 fully saturated rings. The zero-order chi connectivity index (χ0) is 13.1. The minimum Gasteiger partial charge on any atom is -0.497 e. The van der Waals surface area contributed by atoms with Gasteiger partial charge in [0, 0.05) is 5.56 Å². The van der Waals surface area contributed by atoms with Gasteiger partial charge in [-0.25, -0.2) is 8.42 Å². The highest BCUT2D eigenvalue weighted by Gasteiger charge is 2.21. The van der Waals surface area contributed by atoms with E-state index in [2.05, 4.69) is 0 Å². The highest BCUT2D eigenvalue weighted by atomic mass is 32.2. The monoisotopic (exact) mass is 256 g/mol. The van der Waals surface area contributed by atoms with Crippen LogP contribution in [0.1, 0.15) is 24.2 Å². The van der Waals surface area contributed by atoms with E-state index < -0.39 is 20.8 Å². The SMILES string of the molecule is COc1ccc(C(=O)CS(=O)(=O)C(C)C)cc1. The van der Waals surface area contributed by atoms with Crippen LogP contribution in [-0.4, -0.2) is 32.3 Å². The second kappa shape index (κ2) is 5.31. The number of Topliss-reactive ketones (excluding diaryl/α,β-unsaturated/α-hetero) is 1. The lowest BCUT2D eigenvalue weighted by molar-refractivity contribution is 0.102. The Morgan fingerprint density at radius 1 is 1.24 bits per heavy atom. The zero-order valence-corrected chi connectivity index (χ0v) is 11.0. The first kappa shape index (κ1) is 13.7. The summed E-state index contributed by atoms with van der Waals surface area (Å²) in [4.78, 5) is 11.7. The number of methoxy groups -OCH3 is 1. The topological polar surface area (TPSA) is 60.4 Å². The van der Waals surface area contributed by atoms with Crippen LogP contribution in [0.25, 0.3) is 0 Å². The van der Waals surface area contributed by atoms with Crippen molar-refractivity contribution < 1.29 is 17.9 Å². The van der Waals surface area contributed by atoms with E-state index in [0.29, 0.717) is 11.3 Å². The molecule has 0 saturated carbocycles. The third kappa shape index (κ3) is 3.56. The number of hydrogen-bond donors (Lipinski definition) is 0. The lowest BCUT2D eigenvalue weighted by Crippen LogP contribution is -2.23. The molecular weight excluding hydrogens is 240 g/mol. The third-order valence-electron chi connectivity index (χ3n) is 2.46. The van der Waals surface area contributed by atoms with Crippen LogP contribution >= 0.6 is 0 Å². The largest absolute Gasteiger partial charge is 0.497 e. The molecule has 0 radical (unpaired) electrons. The fourth-order valence-corrected chi connectivity index (χ4v) is 2.08. The molecule has 1 aromatic rings. The van der Waals surface area contributed by atoms with Gasteiger partial charge in [-0.2, -0.15) is 0 Å². The van der Waals surface area contributed by atoms with E-state index in [1.165, 1.54) is 7.11 Å². The van der Waals surface area contributed by atoms with Gasteiger partial charge in [0.2, 0.25) is 0 Å². The summed E-state index contributed by atoms with van der Waals surface area (Å²) in [7, 11) is -1.81. The number of ketones is 1. The molecule has 0 N–H and O–H groups in total. The summed E-state index contributed by atoms with van der Waals surface area (Å²) >= 11 is 0. The summed E-state index contributed by atoms with van der Waals surface area (Å²) < 4.78 is 28.1. The van der Waals surface area contributed by atoms with Crippen LogP contribution in [-0.2, 0) is 9.84 Å². The molecule has 0 aliphatic rings. The minimum atomic E-state index is -3.34.